The van der Waals surface area contributed by atoms with Gasteiger partial charge in [-0.25, -0.2) is 0 Å². The number of aryl methyl sites for hydroxylation is 1. The van der Waals surface area contributed by atoms with E-state index in [-0.39, 0.29) is 0 Å². The molecule has 1 N–H and O–H groups in total. The Morgan fingerprint density at radius 3 is 3.00 bits per heavy atom. The number of aromatic nitrogens is 2. The average molecular weight is 249 g/mol. The highest BCUT2D eigenvalue weighted by molar-refractivity contribution is 5.13. The van der Waals surface area contributed by atoms with E-state index in [2.05, 4.69) is 17.3 Å². The van der Waals surface area contributed by atoms with Crippen molar-refractivity contribution in [2.75, 3.05) is 7.05 Å². The molecule has 18 heavy (non-hydrogen) atoms. The lowest BCUT2D eigenvalue weighted by Gasteiger charge is -2.00. The Morgan fingerprint density at radius 2 is 2.22 bits per heavy atom. The molecule has 2 aromatic heterocycles. The summed E-state index contributed by atoms with van der Waals surface area (Å²) >= 11 is 0. The molecule has 5 heteroatoms. The maximum Gasteiger partial charge on any atom is 0.157 e. The molecule has 0 unspecified atom stereocenters. The lowest BCUT2D eigenvalue weighted by Crippen LogP contribution is -2.03. The highest BCUT2D eigenvalue weighted by atomic mass is 16.5. The number of nitrogens with one attached hydrogen (secondary N) is 1. The number of hydrogen-bond donors (Lipinski definition) is 1. The van der Waals surface area contributed by atoms with Crippen LogP contribution < -0.4 is 10.1 Å². The molecule has 98 valence electrons. The van der Waals surface area contributed by atoms with E-state index in [1.165, 1.54) is 0 Å². The van der Waals surface area contributed by atoms with Gasteiger partial charge in [0.25, 0.3) is 0 Å². The summed E-state index contributed by atoms with van der Waals surface area (Å²) in [4.78, 5) is 0. The lowest BCUT2D eigenvalue weighted by molar-refractivity contribution is 0.265. The molecule has 2 rings (SSSR count). The Balaban J connectivity index is 1.85. The number of ether oxygens (including phenoxy) is 1. The maximum absolute atomic E-state index is 5.61. The van der Waals surface area contributed by atoms with E-state index in [1.807, 2.05) is 30.1 Å². The molecule has 0 saturated heterocycles. The molecule has 2 heterocycles. The first-order chi connectivity index (χ1) is 8.81. The van der Waals surface area contributed by atoms with Crippen LogP contribution in [0.2, 0.25) is 0 Å². The minimum atomic E-state index is 0.432. The molecule has 0 aliphatic heterocycles. The van der Waals surface area contributed by atoms with E-state index >= 15 is 0 Å². The normalized spacial score (nSPS) is 10.8. The molecule has 0 amide bonds. The van der Waals surface area contributed by atoms with Crippen LogP contribution in [0.3, 0.4) is 0 Å². The molecule has 0 saturated carbocycles. The molecular formula is C13H19N3O2. The molecule has 0 radical (unpaired) electrons. The summed E-state index contributed by atoms with van der Waals surface area (Å²) in [6, 6.07) is 3.89. The van der Waals surface area contributed by atoms with Crippen LogP contribution in [-0.2, 0) is 19.7 Å². The monoisotopic (exact) mass is 249 g/mol. The van der Waals surface area contributed by atoms with E-state index in [9.17, 15) is 0 Å². The predicted molar refractivity (Wildman–Crippen MR) is 68.3 cm³/mol. The predicted octanol–water partition coefficient (Wildman–Crippen LogP) is 2.18. The molecule has 2 aromatic rings. The van der Waals surface area contributed by atoms with Gasteiger partial charge in [-0.3, -0.25) is 4.68 Å². The Morgan fingerprint density at radius 1 is 1.39 bits per heavy atom. The Bertz CT molecular complexity index is 432. The van der Waals surface area contributed by atoms with Crippen molar-refractivity contribution in [3.05, 3.63) is 36.0 Å². The third kappa shape index (κ3) is 3.37. The van der Waals surface area contributed by atoms with E-state index in [0.29, 0.717) is 6.61 Å². The van der Waals surface area contributed by atoms with Crippen LogP contribution in [-0.4, -0.2) is 16.8 Å². The number of furan rings is 1. The van der Waals surface area contributed by atoms with Gasteiger partial charge in [-0.05, 0) is 25.6 Å². The van der Waals surface area contributed by atoms with E-state index in [4.69, 9.17) is 9.15 Å². The molecule has 0 atom stereocenters. The van der Waals surface area contributed by atoms with Crippen LogP contribution in [0.5, 0.6) is 5.75 Å². The van der Waals surface area contributed by atoms with Crippen molar-refractivity contribution in [3.8, 4) is 5.75 Å². The smallest absolute Gasteiger partial charge is 0.157 e. The number of hydrogen-bond acceptors (Lipinski definition) is 4. The summed E-state index contributed by atoms with van der Waals surface area (Å²) in [7, 11) is 1.89. The second kappa shape index (κ2) is 6.26. The topological polar surface area (TPSA) is 52.2 Å². The molecular weight excluding hydrogens is 230 g/mol. The lowest BCUT2D eigenvalue weighted by atomic mass is 10.4. The van der Waals surface area contributed by atoms with Gasteiger partial charge >= 0.3 is 0 Å². The van der Waals surface area contributed by atoms with Gasteiger partial charge in [0.15, 0.2) is 5.75 Å². The van der Waals surface area contributed by atoms with Crippen molar-refractivity contribution in [1.29, 1.82) is 0 Å². The molecule has 0 aliphatic rings. The zero-order chi connectivity index (χ0) is 12.8. The SMILES string of the molecule is CCCn1cc(OCc2ccc(CNC)o2)cn1. The highest BCUT2D eigenvalue weighted by Gasteiger charge is 2.04. The van der Waals surface area contributed by atoms with Crippen molar-refractivity contribution in [2.45, 2.75) is 33.0 Å². The van der Waals surface area contributed by atoms with Gasteiger partial charge in [-0.1, -0.05) is 6.92 Å². The van der Waals surface area contributed by atoms with Crippen molar-refractivity contribution < 1.29 is 9.15 Å². The van der Waals surface area contributed by atoms with Crippen LogP contribution in [0.1, 0.15) is 24.9 Å². The Labute approximate surface area is 107 Å². The van der Waals surface area contributed by atoms with Gasteiger partial charge in [0, 0.05) is 6.54 Å². The molecule has 0 spiro atoms. The van der Waals surface area contributed by atoms with Gasteiger partial charge in [0.05, 0.1) is 18.9 Å². The maximum atomic E-state index is 5.61. The van der Waals surface area contributed by atoms with Gasteiger partial charge in [0.2, 0.25) is 0 Å². The Hall–Kier alpha value is -1.75. The van der Waals surface area contributed by atoms with Gasteiger partial charge < -0.3 is 14.5 Å². The second-order valence-electron chi connectivity index (χ2n) is 4.13. The fraction of sp³-hybridized carbons (Fsp3) is 0.462. The third-order valence-corrected chi connectivity index (χ3v) is 2.51. The first-order valence-electron chi connectivity index (χ1n) is 6.19. The highest BCUT2D eigenvalue weighted by Crippen LogP contribution is 2.13. The van der Waals surface area contributed by atoms with Crippen molar-refractivity contribution in [1.82, 2.24) is 15.1 Å². The quantitative estimate of drug-likeness (QED) is 0.817. The minimum Gasteiger partial charge on any atom is -0.482 e. The first kappa shape index (κ1) is 12.7. The minimum absolute atomic E-state index is 0.432. The zero-order valence-electron chi connectivity index (χ0n) is 10.8. The van der Waals surface area contributed by atoms with E-state index < -0.39 is 0 Å². The largest absolute Gasteiger partial charge is 0.482 e. The van der Waals surface area contributed by atoms with E-state index in [1.54, 1.807) is 6.20 Å². The van der Waals surface area contributed by atoms with Crippen molar-refractivity contribution in [2.24, 2.45) is 0 Å². The summed E-state index contributed by atoms with van der Waals surface area (Å²) in [6.07, 6.45) is 4.70. The standard InChI is InChI=1S/C13H19N3O2/c1-3-6-16-9-13(8-15-16)17-10-12-5-4-11(18-12)7-14-2/h4-5,8-9,14H,3,6-7,10H2,1-2H3. The van der Waals surface area contributed by atoms with Crippen LogP contribution >= 0.6 is 0 Å². The van der Waals surface area contributed by atoms with Crippen LogP contribution in [0, 0.1) is 0 Å². The van der Waals surface area contributed by atoms with Crippen LogP contribution in [0.4, 0.5) is 0 Å². The summed E-state index contributed by atoms with van der Waals surface area (Å²) in [5.41, 5.74) is 0. The van der Waals surface area contributed by atoms with Crippen LogP contribution in [0.15, 0.2) is 28.9 Å². The fourth-order valence-corrected chi connectivity index (χ4v) is 1.69. The van der Waals surface area contributed by atoms with E-state index in [0.717, 1.165) is 36.8 Å². The summed E-state index contributed by atoms with van der Waals surface area (Å²) in [5, 5.41) is 7.24. The number of rotatable bonds is 7. The first-order valence-corrected chi connectivity index (χ1v) is 6.19. The molecule has 5 nitrogen and oxygen atoms in total. The molecule has 0 aromatic carbocycles. The molecule has 0 bridgehead atoms. The molecule has 0 fully saturated rings. The molecule has 0 aliphatic carbocycles. The Kier molecular flexibility index (Phi) is 4.41. The van der Waals surface area contributed by atoms with Crippen molar-refractivity contribution in [3.63, 3.8) is 0 Å². The van der Waals surface area contributed by atoms with Gasteiger partial charge in [-0.15, -0.1) is 0 Å². The van der Waals surface area contributed by atoms with Gasteiger partial charge in [-0.2, -0.15) is 5.10 Å². The third-order valence-electron chi connectivity index (χ3n) is 2.51. The number of nitrogens with zero attached hydrogens (tertiary/aromatic N) is 2. The average Bonchev–Trinajstić information content (AvgIpc) is 2.97. The summed E-state index contributed by atoms with van der Waals surface area (Å²) in [5.74, 6) is 2.51. The van der Waals surface area contributed by atoms with Crippen LogP contribution in [0.25, 0.3) is 0 Å². The summed E-state index contributed by atoms with van der Waals surface area (Å²) < 4.78 is 13.1. The summed E-state index contributed by atoms with van der Waals surface area (Å²) in [6.45, 7) is 4.20. The fourth-order valence-electron chi connectivity index (χ4n) is 1.69. The van der Waals surface area contributed by atoms with Gasteiger partial charge in [0.1, 0.15) is 18.1 Å². The van der Waals surface area contributed by atoms with Crippen molar-refractivity contribution >= 4 is 0 Å². The zero-order valence-corrected chi connectivity index (χ0v) is 10.8. The second-order valence-corrected chi connectivity index (χ2v) is 4.13.